The lowest BCUT2D eigenvalue weighted by Crippen LogP contribution is -2.25. The first kappa shape index (κ1) is 23.5. The molecule has 2 aliphatic heterocycles. The molecule has 0 spiro atoms. The monoisotopic (exact) mass is 502 g/mol. The summed E-state index contributed by atoms with van der Waals surface area (Å²) in [5, 5.41) is 0. The molecule has 0 aliphatic carbocycles. The number of carbonyl (C=O) groups excluding carboxylic acids is 2. The number of hydrogen-bond acceptors (Lipinski definition) is 8. The first-order valence-corrected chi connectivity index (χ1v) is 12.7. The summed E-state index contributed by atoms with van der Waals surface area (Å²) in [5.74, 6) is -0.771. The van der Waals surface area contributed by atoms with Crippen molar-refractivity contribution in [2.24, 2.45) is 0 Å². The Morgan fingerprint density at radius 1 is 0.833 bits per heavy atom. The minimum Gasteiger partial charge on any atom is -0.748 e. The number of benzene rings is 3. The van der Waals surface area contributed by atoms with Crippen LogP contribution in [0.1, 0.15) is 16.8 Å². The molecule has 0 fully saturated rings. The van der Waals surface area contributed by atoms with Gasteiger partial charge in [-0.15, -0.1) is 0 Å². The van der Waals surface area contributed by atoms with Gasteiger partial charge < -0.3 is 18.9 Å². The molecule has 0 saturated heterocycles. The van der Waals surface area contributed by atoms with Crippen molar-refractivity contribution in [1.82, 2.24) is 0 Å². The number of allylic oxidation sites excluding steroid dienone is 2. The summed E-state index contributed by atoms with van der Waals surface area (Å²) < 4.78 is 44.7. The molecule has 2 heterocycles. The number of ether oxygens (including phenoxy) is 2. The van der Waals surface area contributed by atoms with Gasteiger partial charge in [-0.05, 0) is 54.0 Å². The maximum atomic E-state index is 12.9. The molecule has 2 aliphatic rings. The predicted molar refractivity (Wildman–Crippen MR) is 132 cm³/mol. The molecular formula is C27H20NO7S-. The number of fused-ring (bicyclic) bond motifs is 2. The molecule has 0 radical (unpaired) electrons. The smallest absolute Gasteiger partial charge is 0.347 e. The van der Waals surface area contributed by atoms with Gasteiger partial charge in [0.25, 0.3) is 0 Å². The Labute approximate surface area is 207 Å². The first-order chi connectivity index (χ1) is 17.3. The molecule has 3 aromatic rings. The van der Waals surface area contributed by atoms with Gasteiger partial charge in [-0.1, -0.05) is 48.5 Å². The molecule has 3 aromatic carbocycles. The van der Waals surface area contributed by atoms with E-state index in [1.807, 2.05) is 42.5 Å². The maximum absolute atomic E-state index is 12.9. The van der Waals surface area contributed by atoms with Gasteiger partial charge in [0.2, 0.25) is 11.7 Å². The third kappa shape index (κ3) is 4.79. The predicted octanol–water partition coefficient (Wildman–Crippen LogP) is 4.06. The SMILES string of the molecule is O=C1Oc2ccccc2C(=O)/C1=C/C=C1\Oc2ccc(-c3ccccc3)cc2N1CCCS(=O)(=O)[O-]. The fourth-order valence-corrected chi connectivity index (χ4v) is 4.58. The Kier molecular flexibility index (Phi) is 6.17. The van der Waals surface area contributed by atoms with Crippen molar-refractivity contribution in [3.8, 4) is 22.6 Å². The van der Waals surface area contributed by atoms with Crippen LogP contribution in [-0.2, 0) is 14.9 Å². The van der Waals surface area contributed by atoms with Crippen LogP contribution in [0.25, 0.3) is 11.1 Å². The lowest BCUT2D eigenvalue weighted by molar-refractivity contribution is -0.130. The number of hydrogen-bond donors (Lipinski definition) is 0. The number of Topliss-reactive ketones (excluding diaryl/α,β-unsaturated/α-hetero) is 1. The van der Waals surface area contributed by atoms with Crippen LogP contribution in [0.4, 0.5) is 5.69 Å². The maximum Gasteiger partial charge on any atom is 0.347 e. The van der Waals surface area contributed by atoms with Crippen molar-refractivity contribution >= 4 is 27.6 Å². The van der Waals surface area contributed by atoms with Gasteiger partial charge in [0.1, 0.15) is 11.3 Å². The van der Waals surface area contributed by atoms with Crippen LogP contribution in [0.5, 0.6) is 11.5 Å². The highest BCUT2D eigenvalue weighted by atomic mass is 32.2. The quantitative estimate of drug-likeness (QED) is 0.163. The van der Waals surface area contributed by atoms with Crippen LogP contribution in [0.15, 0.2) is 96.4 Å². The van der Waals surface area contributed by atoms with Crippen LogP contribution in [0.2, 0.25) is 0 Å². The van der Waals surface area contributed by atoms with Gasteiger partial charge in [-0.2, -0.15) is 0 Å². The van der Waals surface area contributed by atoms with Gasteiger partial charge in [0.05, 0.1) is 21.4 Å². The van der Waals surface area contributed by atoms with Crippen molar-refractivity contribution in [1.29, 1.82) is 0 Å². The van der Waals surface area contributed by atoms with E-state index >= 15 is 0 Å². The fraction of sp³-hybridized carbons (Fsp3) is 0.111. The third-order valence-corrected chi connectivity index (χ3v) is 6.59. The number of esters is 1. The Morgan fingerprint density at radius 3 is 2.36 bits per heavy atom. The van der Waals surface area contributed by atoms with E-state index < -0.39 is 27.6 Å². The molecule has 0 amide bonds. The van der Waals surface area contributed by atoms with Crippen molar-refractivity contribution in [3.05, 3.63) is 102 Å². The summed E-state index contributed by atoms with van der Waals surface area (Å²) in [4.78, 5) is 27.0. The Balaban J connectivity index is 1.49. The van der Waals surface area contributed by atoms with E-state index in [1.165, 1.54) is 12.2 Å². The zero-order valence-corrected chi connectivity index (χ0v) is 19.7. The summed E-state index contributed by atoms with van der Waals surface area (Å²) in [6, 6.07) is 21.8. The van der Waals surface area contributed by atoms with E-state index in [2.05, 4.69) is 0 Å². The summed E-state index contributed by atoms with van der Waals surface area (Å²) in [6.07, 6.45) is 2.86. The highest BCUT2D eigenvalue weighted by molar-refractivity contribution is 7.85. The molecule has 0 saturated carbocycles. The third-order valence-electron chi connectivity index (χ3n) is 5.80. The Bertz CT molecular complexity index is 1520. The van der Waals surface area contributed by atoms with E-state index in [0.29, 0.717) is 11.4 Å². The second-order valence-corrected chi connectivity index (χ2v) is 9.74. The number of nitrogens with zero attached hydrogens (tertiary/aromatic N) is 1. The number of carbonyl (C=O) groups is 2. The Morgan fingerprint density at radius 2 is 1.58 bits per heavy atom. The number of para-hydroxylation sites is 1. The van der Waals surface area contributed by atoms with Crippen molar-refractivity contribution in [3.63, 3.8) is 0 Å². The second-order valence-electron chi connectivity index (χ2n) is 8.22. The van der Waals surface area contributed by atoms with E-state index in [9.17, 15) is 22.6 Å². The van der Waals surface area contributed by atoms with Gasteiger partial charge in [-0.3, -0.25) is 4.79 Å². The van der Waals surface area contributed by atoms with Crippen molar-refractivity contribution in [2.45, 2.75) is 6.42 Å². The molecular weight excluding hydrogens is 482 g/mol. The van der Waals surface area contributed by atoms with Gasteiger partial charge in [0.15, 0.2) is 5.75 Å². The molecule has 0 bridgehead atoms. The minimum atomic E-state index is -4.39. The number of ketones is 1. The minimum absolute atomic E-state index is 0.0620. The summed E-state index contributed by atoms with van der Waals surface area (Å²) in [6.45, 7) is 0.170. The molecule has 0 N–H and O–H groups in total. The van der Waals surface area contributed by atoms with Crippen LogP contribution in [0, 0.1) is 0 Å². The van der Waals surface area contributed by atoms with Gasteiger partial charge >= 0.3 is 5.97 Å². The molecule has 0 atom stereocenters. The normalized spacial score (nSPS) is 17.1. The molecule has 0 aromatic heterocycles. The van der Waals surface area contributed by atoms with Gasteiger partial charge in [0, 0.05) is 12.3 Å². The van der Waals surface area contributed by atoms with Crippen molar-refractivity contribution < 1.29 is 32.0 Å². The van der Waals surface area contributed by atoms with Crippen molar-refractivity contribution in [2.75, 3.05) is 17.2 Å². The molecule has 36 heavy (non-hydrogen) atoms. The average molecular weight is 503 g/mol. The standard InChI is InChI=1S/C27H21NO7S/c29-26-20-9-4-5-10-23(20)35-27(30)21(26)12-14-25-28(15-6-16-36(31,32)33)22-17-19(11-13-24(22)34-25)18-7-2-1-3-8-18/h1-5,7-14,17H,6,15-16H2,(H,31,32,33)/p-1/b21-12-,25-14-. The van der Waals surface area contributed by atoms with Crippen LogP contribution in [0.3, 0.4) is 0 Å². The molecule has 0 unspecified atom stereocenters. The fourth-order valence-electron chi connectivity index (χ4n) is 4.10. The van der Waals surface area contributed by atoms with E-state index in [0.717, 1.165) is 11.1 Å². The van der Waals surface area contributed by atoms with Crippen LogP contribution >= 0.6 is 0 Å². The molecule has 9 heteroatoms. The largest absolute Gasteiger partial charge is 0.748 e. The van der Waals surface area contributed by atoms with E-state index in [-0.39, 0.29) is 35.7 Å². The number of anilines is 1. The van der Waals surface area contributed by atoms with Crippen LogP contribution in [-0.4, -0.2) is 37.0 Å². The first-order valence-electron chi connectivity index (χ1n) is 11.2. The average Bonchev–Trinajstić information content (AvgIpc) is 3.20. The van der Waals surface area contributed by atoms with Crippen LogP contribution < -0.4 is 14.4 Å². The van der Waals surface area contributed by atoms with E-state index in [1.54, 1.807) is 35.2 Å². The highest BCUT2D eigenvalue weighted by Crippen LogP contribution is 2.42. The zero-order chi connectivity index (χ0) is 25.3. The van der Waals surface area contributed by atoms with Gasteiger partial charge in [-0.25, -0.2) is 13.2 Å². The molecule has 182 valence electrons. The van der Waals surface area contributed by atoms with E-state index in [4.69, 9.17) is 9.47 Å². The summed E-state index contributed by atoms with van der Waals surface area (Å²) in [5.41, 5.74) is 2.69. The number of rotatable bonds is 6. The Hall–Kier alpha value is -4.21. The lowest BCUT2D eigenvalue weighted by Gasteiger charge is -2.19. The topological polar surface area (TPSA) is 113 Å². The lowest BCUT2D eigenvalue weighted by atomic mass is 9.99. The summed E-state index contributed by atoms with van der Waals surface area (Å²) >= 11 is 0. The second kappa shape index (κ2) is 9.44. The molecule has 8 nitrogen and oxygen atoms in total. The molecule has 5 rings (SSSR count). The zero-order valence-electron chi connectivity index (χ0n) is 18.9. The summed E-state index contributed by atoms with van der Waals surface area (Å²) in [7, 11) is -4.39. The highest BCUT2D eigenvalue weighted by Gasteiger charge is 2.31.